The minimum atomic E-state index is -0.0617. The average molecular weight is 323 g/mol. The van der Waals surface area contributed by atoms with E-state index in [1.807, 2.05) is 55.2 Å². The Morgan fingerprint density at radius 1 is 1.21 bits per heavy atom. The van der Waals surface area contributed by atoms with E-state index in [0.29, 0.717) is 12.1 Å². The van der Waals surface area contributed by atoms with Gasteiger partial charge >= 0.3 is 0 Å². The summed E-state index contributed by atoms with van der Waals surface area (Å²) in [5.74, 6) is 1.78. The van der Waals surface area contributed by atoms with Gasteiger partial charge in [0.15, 0.2) is 0 Å². The molecular weight excluding hydrogens is 302 g/mol. The second-order valence-electron chi connectivity index (χ2n) is 5.72. The third-order valence-electron chi connectivity index (χ3n) is 3.99. The number of amides is 1. The molecule has 6 nitrogen and oxygen atoms in total. The highest BCUT2D eigenvalue weighted by molar-refractivity contribution is 5.95. The fraction of sp³-hybridized carbons (Fsp3) is 0.278. The number of rotatable bonds is 6. The number of aryl methyl sites for hydroxylation is 3. The van der Waals surface area contributed by atoms with Crippen LogP contribution in [0.3, 0.4) is 0 Å². The van der Waals surface area contributed by atoms with Crippen LogP contribution in [0, 0.1) is 6.92 Å². The molecule has 0 spiro atoms. The quantitative estimate of drug-likeness (QED) is 0.709. The minimum Gasteiger partial charge on any atom is -0.352 e. The lowest BCUT2D eigenvalue weighted by Crippen LogP contribution is -2.25. The molecule has 0 aliphatic rings. The summed E-state index contributed by atoms with van der Waals surface area (Å²) in [7, 11) is 1.94. The predicted molar refractivity (Wildman–Crippen MR) is 92.6 cm³/mol. The van der Waals surface area contributed by atoms with Crippen molar-refractivity contribution < 1.29 is 4.79 Å². The molecule has 0 radical (unpaired) electrons. The van der Waals surface area contributed by atoms with Crippen molar-refractivity contribution in [2.75, 3.05) is 6.54 Å². The molecule has 0 fully saturated rings. The van der Waals surface area contributed by atoms with Crippen LogP contribution in [0.1, 0.15) is 22.6 Å². The Labute approximate surface area is 141 Å². The molecule has 0 saturated carbocycles. The Morgan fingerprint density at radius 3 is 2.75 bits per heavy atom. The van der Waals surface area contributed by atoms with Gasteiger partial charge in [-0.15, -0.1) is 0 Å². The van der Waals surface area contributed by atoms with E-state index in [1.165, 1.54) is 0 Å². The largest absolute Gasteiger partial charge is 0.352 e. The van der Waals surface area contributed by atoms with Crippen LogP contribution >= 0.6 is 0 Å². The van der Waals surface area contributed by atoms with Crippen LogP contribution in [-0.4, -0.2) is 31.6 Å². The standard InChI is InChI=1S/C18H21N5O/c1-14-19-9-12-23(14)10-4-7-21-18(24)16-6-3-5-15(13-16)17-20-8-11-22(17)2/h3,5-6,8-9,11-13H,4,7,10H2,1-2H3,(H,21,24). The predicted octanol–water partition coefficient (Wildman–Crippen LogP) is 2.41. The molecule has 124 valence electrons. The molecule has 1 aromatic carbocycles. The molecule has 0 unspecified atom stereocenters. The smallest absolute Gasteiger partial charge is 0.251 e. The number of hydrogen-bond acceptors (Lipinski definition) is 3. The van der Waals surface area contributed by atoms with E-state index in [9.17, 15) is 4.79 Å². The summed E-state index contributed by atoms with van der Waals surface area (Å²) in [6.45, 7) is 3.45. The third kappa shape index (κ3) is 3.53. The van der Waals surface area contributed by atoms with E-state index in [4.69, 9.17) is 0 Å². The van der Waals surface area contributed by atoms with Crippen molar-refractivity contribution in [1.29, 1.82) is 0 Å². The Balaban J connectivity index is 1.57. The zero-order valence-electron chi connectivity index (χ0n) is 13.9. The van der Waals surface area contributed by atoms with E-state index in [2.05, 4.69) is 19.9 Å². The van der Waals surface area contributed by atoms with Gasteiger partial charge in [-0.1, -0.05) is 12.1 Å². The van der Waals surface area contributed by atoms with Crippen LogP contribution in [0.4, 0.5) is 0 Å². The minimum absolute atomic E-state index is 0.0617. The molecular formula is C18H21N5O. The summed E-state index contributed by atoms with van der Waals surface area (Å²) in [6, 6.07) is 7.54. The van der Waals surface area contributed by atoms with Crippen LogP contribution in [0.5, 0.6) is 0 Å². The zero-order chi connectivity index (χ0) is 16.9. The summed E-state index contributed by atoms with van der Waals surface area (Å²) < 4.78 is 4.01. The molecule has 1 amide bonds. The fourth-order valence-corrected chi connectivity index (χ4v) is 2.64. The van der Waals surface area contributed by atoms with E-state index >= 15 is 0 Å². The summed E-state index contributed by atoms with van der Waals surface area (Å²) >= 11 is 0. The van der Waals surface area contributed by atoms with Gasteiger partial charge in [0.05, 0.1) is 0 Å². The number of aromatic nitrogens is 4. The van der Waals surface area contributed by atoms with Crippen molar-refractivity contribution in [2.24, 2.45) is 7.05 Å². The monoisotopic (exact) mass is 323 g/mol. The molecule has 1 N–H and O–H groups in total. The number of hydrogen-bond donors (Lipinski definition) is 1. The first kappa shape index (κ1) is 16.0. The summed E-state index contributed by atoms with van der Waals surface area (Å²) in [4.78, 5) is 20.8. The van der Waals surface area contributed by atoms with Crippen LogP contribution in [0.15, 0.2) is 49.1 Å². The Hall–Kier alpha value is -2.89. The fourth-order valence-electron chi connectivity index (χ4n) is 2.64. The van der Waals surface area contributed by atoms with Crippen molar-refractivity contribution in [3.63, 3.8) is 0 Å². The van der Waals surface area contributed by atoms with E-state index in [-0.39, 0.29) is 5.91 Å². The van der Waals surface area contributed by atoms with Crippen molar-refractivity contribution >= 4 is 5.91 Å². The summed E-state index contributed by atoms with van der Waals surface area (Å²) in [5, 5.41) is 2.97. The maximum atomic E-state index is 12.3. The van der Waals surface area contributed by atoms with Crippen LogP contribution in [-0.2, 0) is 13.6 Å². The highest BCUT2D eigenvalue weighted by atomic mass is 16.1. The number of nitrogens with zero attached hydrogens (tertiary/aromatic N) is 4. The number of imidazole rings is 2. The van der Waals surface area contributed by atoms with Crippen molar-refractivity contribution in [1.82, 2.24) is 24.4 Å². The highest BCUT2D eigenvalue weighted by Crippen LogP contribution is 2.17. The number of benzene rings is 1. The third-order valence-corrected chi connectivity index (χ3v) is 3.99. The van der Waals surface area contributed by atoms with Gasteiger partial charge in [0.1, 0.15) is 11.6 Å². The highest BCUT2D eigenvalue weighted by Gasteiger charge is 2.09. The maximum Gasteiger partial charge on any atom is 0.251 e. The molecule has 0 bridgehead atoms. The maximum absolute atomic E-state index is 12.3. The van der Waals surface area contributed by atoms with E-state index in [0.717, 1.165) is 30.2 Å². The van der Waals surface area contributed by atoms with Crippen molar-refractivity contribution in [3.8, 4) is 11.4 Å². The Bertz CT molecular complexity index is 833. The Kier molecular flexibility index (Phi) is 4.74. The molecule has 0 aliphatic carbocycles. The molecule has 3 aromatic rings. The number of carbonyl (C=O) groups excluding carboxylic acids is 1. The van der Waals surface area contributed by atoms with Gasteiger partial charge in [0, 0.05) is 56.1 Å². The molecule has 0 atom stereocenters. The van der Waals surface area contributed by atoms with Crippen LogP contribution in [0.25, 0.3) is 11.4 Å². The SMILES string of the molecule is Cc1nccn1CCCNC(=O)c1cccc(-c2nccn2C)c1. The average Bonchev–Trinajstić information content (AvgIpc) is 3.20. The van der Waals surface area contributed by atoms with Gasteiger partial charge < -0.3 is 14.5 Å². The van der Waals surface area contributed by atoms with Crippen LogP contribution < -0.4 is 5.32 Å². The second kappa shape index (κ2) is 7.12. The lowest BCUT2D eigenvalue weighted by molar-refractivity contribution is 0.0953. The first-order valence-electron chi connectivity index (χ1n) is 7.99. The molecule has 24 heavy (non-hydrogen) atoms. The van der Waals surface area contributed by atoms with Gasteiger partial charge in [0.2, 0.25) is 0 Å². The topological polar surface area (TPSA) is 64.7 Å². The van der Waals surface area contributed by atoms with E-state index < -0.39 is 0 Å². The van der Waals surface area contributed by atoms with E-state index in [1.54, 1.807) is 12.4 Å². The summed E-state index contributed by atoms with van der Waals surface area (Å²) in [5.41, 5.74) is 1.58. The zero-order valence-corrected chi connectivity index (χ0v) is 13.9. The number of carbonyl (C=O) groups is 1. The van der Waals surface area contributed by atoms with Crippen molar-refractivity contribution in [2.45, 2.75) is 19.9 Å². The molecule has 2 heterocycles. The normalized spacial score (nSPS) is 10.8. The lowest BCUT2D eigenvalue weighted by Gasteiger charge is -2.08. The van der Waals surface area contributed by atoms with Gasteiger partial charge in [-0.05, 0) is 25.5 Å². The number of nitrogens with one attached hydrogen (secondary N) is 1. The summed E-state index contributed by atoms with van der Waals surface area (Å²) in [6.07, 6.45) is 8.24. The van der Waals surface area contributed by atoms with Crippen molar-refractivity contribution in [3.05, 3.63) is 60.4 Å². The lowest BCUT2D eigenvalue weighted by atomic mass is 10.1. The molecule has 0 aliphatic heterocycles. The molecule has 2 aromatic heterocycles. The van der Waals surface area contributed by atoms with Crippen LogP contribution in [0.2, 0.25) is 0 Å². The van der Waals surface area contributed by atoms with Gasteiger partial charge in [-0.25, -0.2) is 9.97 Å². The first-order chi connectivity index (χ1) is 11.6. The molecule has 0 saturated heterocycles. The Morgan fingerprint density at radius 2 is 2.04 bits per heavy atom. The molecule has 6 heteroatoms. The molecule has 3 rings (SSSR count). The van der Waals surface area contributed by atoms with Gasteiger partial charge in [-0.2, -0.15) is 0 Å². The first-order valence-corrected chi connectivity index (χ1v) is 7.99. The second-order valence-corrected chi connectivity index (χ2v) is 5.72. The van der Waals surface area contributed by atoms with Gasteiger partial charge in [-0.3, -0.25) is 4.79 Å². The van der Waals surface area contributed by atoms with Gasteiger partial charge in [0.25, 0.3) is 5.91 Å².